The second-order valence-corrected chi connectivity index (χ2v) is 6.80. The van der Waals surface area contributed by atoms with Gasteiger partial charge in [-0.1, -0.05) is 13.0 Å². The Kier molecular flexibility index (Phi) is 4.60. The fraction of sp³-hybridized carbons (Fsp3) is 0.571. The van der Waals surface area contributed by atoms with Crippen molar-refractivity contribution in [2.75, 3.05) is 19.7 Å². The Hall–Kier alpha value is -0.910. The molecule has 106 valence electrons. The van der Waals surface area contributed by atoms with Crippen molar-refractivity contribution in [2.45, 2.75) is 37.5 Å². The molecule has 1 aromatic rings. The van der Waals surface area contributed by atoms with Gasteiger partial charge in [-0.2, -0.15) is 4.31 Å². The van der Waals surface area contributed by atoms with Gasteiger partial charge < -0.3 is 5.11 Å². The number of sulfonamides is 1. The van der Waals surface area contributed by atoms with E-state index in [1.807, 2.05) is 19.1 Å². The van der Waals surface area contributed by atoms with Crippen LogP contribution in [0.1, 0.15) is 30.9 Å². The minimum atomic E-state index is -3.42. The van der Waals surface area contributed by atoms with Crippen LogP contribution in [-0.4, -0.2) is 37.5 Å². The summed E-state index contributed by atoms with van der Waals surface area (Å²) in [5.74, 6) is 0. The molecular weight excluding hydrogens is 262 g/mol. The molecule has 1 N–H and O–H groups in total. The quantitative estimate of drug-likeness (QED) is 0.862. The molecule has 0 radical (unpaired) electrons. The van der Waals surface area contributed by atoms with Crippen molar-refractivity contribution < 1.29 is 13.5 Å². The fourth-order valence-electron chi connectivity index (χ4n) is 2.55. The Morgan fingerprint density at radius 2 is 2.00 bits per heavy atom. The number of aliphatic hydroxyl groups excluding tert-OH is 1. The number of rotatable bonds is 6. The van der Waals surface area contributed by atoms with Gasteiger partial charge >= 0.3 is 0 Å². The SMILES string of the molecule is CCN(CCCO)S(=O)(=O)c1ccc2c(c1)CCC2. The molecule has 0 aromatic heterocycles. The molecule has 0 saturated heterocycles. The summed E-state index contributed by atoms with van der Waals surface area (Å²) in [6.07, 6.45) is 3.61. The Labute approximate surface area is 115 Å². The smallest absolute Gasteiger partial charge is 0.243 e. The fourth-order valence-corrected chi connectivity index (χ4v) is 4.09. The highest BCUT2D eigenvalue weighted by Gasteiger charge is 2.24. The van der Waals surface area contributed by atoms with Crippen molar-refractivity contribution >= 4 is 10.0 Å². The third kappa shape index (κ3) is 2.99. The van der Waals surface area contributed by atoms with Crippen LogP contribution in [-0.2, 0) is 22.9 Å². The number of hydrogen-bond acceptors (Lipinski definition) is 3. The van der Waals surface area contributed by atoms with Crippen LogP contribution >= 0.6 is 0 Å². The maximum atomic E-state index is 12.5. The van der Waals surface area contributed by atoms with Crippen LogP contribution in [0.3, 0.4) is 0 Å². The van der Waals surface area contributed by atoms with E-state index in [9.17, 15) is 8.42 Å². The summed E-state index contributed by atoms with van der Waals surface area (Å²) in [7, 11) is -3.42. The van der Waals surface area contributed by atoms with Crippen molar-refractivity contribution in [3.8, 4) is 0 Å². The lowest BCUT2D eigenvalue weighted by Crippen LogP contribution is -2.32. The number of hydrogen-bond donors (Lipinski definition) is 1. The van der Waals surface area contributed by atoms with Crippen LogP contribution in [0.2, 0.25) is 0 Å². The highest BCUT2D eigenvalue weighted by Crippen LogP contribution is 2.26. The molecule has 4 nitrogen and oxygen atoms in total. The van der Waals surface area contributed by atoms with E-state index in [1.54, 1.807) is 6.07 Å². The first kappa shape index (κ1) is 14.5. The van der Waals surface area contributed by atoms with E-state index in [4.69, 9.17) is 5.11 Å². The summed E-state index contributed by atoms with van der Waals surface area (Å²) in [6.45, 7) is 2.63. The van der Waals surface area contributed by atoms with Gasteiger partial charge in [-0.3, -0.25) is 0 Å². The largest absolute Gasteiger partial charge is 0.396 e. The van der Waals surface area contributed by atoms with Gasteiger partial charge in [0.1, 0.15) is 0 Å². The monoisotopic (exact) mass is 283 g/mol. The van der Waals surface area contributed by atoms with Crippen molar-refractivity contribution in [1.29, 1.82) is 0 Å². The van der Waals surface area contributed by atoms with Gasteiger partial charge in [0, 0.05) is 19.7 Å². The molecule has 1 aromatic carbocycles. The average molecular weight is 283 g/mol. The topological polar surface area (TPSA) is 57.6 Å². The van der Waals surface area contributed by atoms with Crippen LogP contribution in [0.4, 0.5) is 0 Å². The number of aryl methyl sites for hydroxylation is 2. The van der Waals surface area contributed by atoms with Gasteiger partial charge in [0.25, 0.3) is 0 Å². The molecule has 1 aliphatic rings. The number of benzene rings is 1. The van der Waals surface area contributed by atoms with E-state index in [2.05, 4.69) is 0 Å². The minimum Gasteiger partial charge on any atom is -0.396 e. The van der Waals surface area contributed by atoms with E-state index in [-0.39, 0.29) is 6.61 Å². The van der Waals surface area contributed by atoms with Crippen LogP contribution in [0.25, 0.3) is 0 Å². The van der Waals surface area contributed by atoms with Crippen LogP contribution in [0, 0.1) is 0 Å². The minimum absolute atomic E-state index is 0.0101. The lowest BCUT2D eigenvalue weighted by Gasteiger charge is -2.20. The van der Waals surface area contributed by atoms with Crippen molar-refractivity contribution in [2.24, 2.45) is 0 Å². The summed E-state index contributed by atoms with van der Waals surface area (Å²) in [4.78, 5) is 0.382. The van der Waals surface area contributed by atoms with E-state index in [1.165, 1.54) is 15.4 Å². The molecule has 0 fully saturated rings. The van der Waals surface area contributed by atoms with Gasteiger partial charge in [0.15, 0.2) is 0 Å². The third-order valence-electron chi connectivity index (χ3n) is 3.63. The molecule has 0 saturated carbocycles. The van der Waals surface area contributed by atoms with Gasteiger partial charge in [-0.25, -0.2) is 8.42 Å². The number of fused-ring (bicyclic) bond motifs is 1. The number of nitrogens with zero attached hydrogens (tertiary/aromatic N) is 1. The lowest BCUT2D eigenvalue weighted by atomic mass is 10.1. The third-order valence-corrected chi connectivity index (χ3v) is 5.60. The first-order chi connectivity index (χ1) is 9.09. The Morgan fingerprint density at radius 3 is 2.68 bits per heavy atom. The molecule has 0 atom stereocenters. The molecule has 0 aliphatic heterocycles. The van der Waals surface area contributed by atoms with Crippen molar-refractivity contribution in [1.82, 2.24) is 4.31 Å². The Balaban J connectivity index is 2.27. The molecule has 0 heterocycles. The first-order valence-electron chi connectivity index (χ1n) is 6.82. The second kappa shape index (κ2) is 6.03. The van der Waals surface area contributed by atoms with Gasteiger partial charge in [0.2, 0.25) is 10.0 Å². The summed E-state index contributed by atoms with van der Waals surface area (Å²) in [5, 5.41) is 8.85. The molecular formula is C14H21NO3S. The normalized spacial score (nSPS) is 14.9. The highest BCUT2D eigenvalue weighted by molar-refractivity contribution is 7.89. The van der Waals surface area contributed by atoms with Crippen LogP contribution in [0.5, 0.6) is 0 Å². The maximum Gasteiger partial charge on any atom is 0.243 e. The van der Waals surface area contributed by atoms with Crippen molar-refractivity contribution in [3.05, 3.63) is 29.3 Å². The lowest BCUT2D eigenvalue weighted by molar-refractivity contribution is 0.271. The van der Waals surface area contributed by atoms with E-state index >= 15 is 0 Å². The van der Waals surface area contributed by atoms with Crippen LogP contribution < -0.4 is 0 Å². The van der Waals surface area contributed by atoms with Gasteiger partial charge in [0.05, 0.1) is 4.90 Å². The second-order valence-electron chi connectivity index (χ2n) is 4.86. The highest BCUT2D eigenvalue weighted by atomic mass is 32.2. The average Bonchev–Trinajstić information content (AvgIpc) is 2.86. The summed E-state index contributed by atoms with van der Waals surface area (Å²) >= 11 is 0. The van der Waals surface area contributed by atoms with Gasteiger partial charge in [-0.05, 0) is 48.9 Å². The molecule has 0 unspecified atom stereocenters. The molecule has 0 amide bonds. The summed E-state index contributed by atoms with van der Waals surface area (Å²) in [5.41, 5.74) is 2.44. The molecule has 1 aliphatic carbocycles. The zero-order chi connectivity index (χ0) is 13.9. The Morgan fingerprint density at radius 1 is 1.26 bits per heavy atom. The molecule has 19 heavy (non-hydrogen) atoms. The molecule has 0 bridgehead atoms. The van der Waals surface area contributed by atoms with Gasteiger partial charge in [-0.15, -0.1) is 0 Å². The maximum absolute atomic E-state index is 12.5. The standard InChI is InChI=1S/C14H21NO3S/c1-2-15(9-4-10-16)19(17,18)14-8-7-12-5-3-6-13(12)11-14/h7-8,11,16H,2-6,9-10H2,1H3. The predicted octanol–water partition coefficient (Wildman–Crippen LogP) is 1.57. The molecule has 5 heteroatoms. The van der Waals surface area contributed by atoms with Crippen molar-refractivity contribution in [3.63, 3.8) is 0 Å². The van der Waals surface area contributed by atoms with E-state index < -0.39 is 10.0 Å². The summed E-state index contributed by atoms with van der Waals surface area (Å²) < 4.78 is 26.5. The Bertz CT molecular complexity index is 540. The summed E-state index contributed by atoms with van der Waals surface area (Å²) in [6, 6.07) is 5.47. The van der Waals surface area contributed by atoms with E-state index in [0.717, 1.165) is 19.3 Å². The first-order valence-corrected chi connectivity index (χ1v) is 8.26. The zero-order valence-electron chi connectivity index (χ0n) is 11.3. The van der Waals surface area contributed by atoms with E-state index in [0.29, 0.717) is 24.4 Å². The van der Waals surface area contributed by atoms with Crippen LogP contribution in [0.15, 0.2) is 23.1 Å². The number of aliphatic hydroxyl groups is 1. The molecule has 2 rings (SSSR count). The zero-order valence-corrected chi connectivity index (χ0v) is 12.1. The molecule has 0 spiro atoms. The predicted molar refractivity (Wildman–Crippen MR) is 74.6 cm³/mol.